The predicted molar refractivity (Wildman–Crippen MR) is 172 cm³/mol. The lowest BCUT2D eigenvalue weighted by Crippen LogP contribution is -2.04. The molecule has 2 aromatic heterocycles. The van der Waals surface area contributed by atoms with Crippen molar-refractivity contribution in [2.75, 3.05) is 0 Å². The van der Waals surface area contributed by atoms with Gasteiger partial charge in [0, 0.05) is 32.5 Å². The third-order valence-corrected chi connectivity index (χ3v) is 8.37. The van der Waals surface area contributed by atoms with Crippen LogP contribution in [-0.2, 0) is 0 Å². The molecule has 0 bridgehead atoms. The van der Waals surface area contributed by atoms with Gasteiger partial charge in [-0.3, -0.25) is 4.57 Å². The van der Waals surface area contributed by atoms with E-state index in [4.69, 9.17) is 9.97 Å². The summed E-state index contributed by atoms with van der Waals surface area (Å²) in [6.45, 7) is 0. The van der Waals surface area contributed by atoms with Crippen molar-refractivity contribution >= 4 is 65.0 Å². The van der Waals surface area contributed by atoms with Gasteiger partial charge < -0.3 is 0 Å². The number of fused-ring (bicyclic) bond motifs is 11. The fourth-order valence-corrected chi connectivity index (χ4v) is 6.60. The maximum atomic E-state index is 5.37. The average molecular weight is 522 g/mol. The van der Waals surface area contributed by atoms with Crippen molar-refractivity contribution in [2.45, 2.75) is 0 Å². The minimum Gasteiger partial charge on any atom is -0.277 e. The highest BCUT2D eigenvalue weighted by molar-refractivity contribution is 6.32. The van der Waals surface area contributed by atoms with E-state index in [1.54, 1.807) is 0 Å². The number of para-hydroxylation sites is 1. The van der Waals surface area contributed by atoms with Crippen molar-refractivity contribution in [1.29, 1.82) is 0 Å². The van der Waals surface area contributed by atoms with Crippen LogP contribution in [0.4, 0.5) is 0 Å². The Labute approximate surface area is 235 Å². The minimum atomic E-state index is 0.680. The maximum Gasteiger partial charge on any atom is 0.235 e. The minimum absolute atomic E-state index is 0.680. The van der Waals surface area contributed by atoms with Gasteiger partial charge in [-0.15, -0.1) is 0 Å². The number of hydrogen-bond donors (Lipinski definition) is 0. The average Bonchev–Trinajstić information content (AvgIpc) is 3.40. The van der Waals surface area contributed by atoms with Gasteiger partial charge in [0.25, 0.3) is 0 Å². The molecule has 7 aromatic carbocycles. The van der Waals surface area contributed by atoms with Gasteiger partial charge in [-0.25, -0.2) is 9.97 Å². The van der Waals surface area contributed by atoms with E-state index >= 15 is 0 Å². The van der Waals surface area contributed by atoms with Crippen LogP contribution in [0.25, 0.3) is 82.2 Å². The molecule has 0 aliphatic rings. The van der Waals surface area contributed by atoms with E-state index in [0.29, 0.717) is 5.95 Å². The highest BCUT2D eigenvalue weighted by Gasteiger charge is 2.21. The molecule has 0 saturated heterocycles. The zero-order valence-corrected chi connectivity index (χ0v) is 22.1. The summed E-state index contributed by atoms with van der Waals surface area (Å²) < 4.78 is 2.28. The Balaban J connectivity index is 1.54. The first-order chi connectivity index (χ1) is 20.4. The summed E-state index contributed by atoms with van der Waals surface area (Å²) in [4.78, 5) is 10.7. The van der Waals surface area contributed by atoms with Crippen LogP contribution in [0.3, 0.4) is 0 Å². The Hall–Kier alpha value is -5.54. The third-order valence-electron chi connectivity index (χ3n) is 8.37. The maximum absolute atomic E-state index is 5.37. The number of aromatic nitrogens is 3. The van der Waals surface area contributed by atoms with Crippen LogP contribution >= 0.6 is 0 Å². The third kappa shape index (κ3) is 3.14. The topological polar surface area (TPSA) is 30.7 Å². The van der Waals surface area contributed by atoms with Crippen molar-refractivity contribution in [1.82, 2.24) is 14.5 Å². The summed E-state index contributed by atoms with van der Waals surface area (Å²) >= 11 is 0. The van der Waals surface area contributed by atoms with Crippen molar-refractivity contribution in [2.24, 2.45) is 0 Å². The van der Waals surface area contributed by atoms with E-state index < -0.39 is 0 Å². The fraction of sp³-hybridized carbons (Fsp3) is 0. The van der Waals surface area contributed by atoms with Gasteiger partial charge in [-0.2, -0.15) is 0 Å². The normalized spacial score (nSPS) is 11.9. The molecule has 9 rings (SSSR count). The molecule has 0 radical (unpaired) electrons. The quantitative estimate of drug-likeness (QED) is 0.212. The van der Waals surface area contributed by atoms with Gasteiger partial charge in [0.15, 0.2) is 0 Å². The summed E-state index contributed by atoms with van der Waals surface area (Å²) in [6, 6.07) is 49.4. The van der Waals surface area contributed by atoms with Crippen LogP contribution in [0.5, 0.6) is 0 Å². The molecule has 9 aromatic rings. The molecule has 3 nitrogen and oxygen atoms in total. The van der Waals surface area contributed by atoms with Crippen molar-refractivity contribution in [3.05, 3.63) is 140 Å². The SMILES string of the molecule is c1ccc(-c2nc(-n3c4ccccc4c4c5ccccc5c5ccccc5c43)nc3c2ccc2ccccc23)cc1. The van der Waals surface area contributed by atoms with E-state index in [0.717, 1.165) is 38.6 Å². The summed E-state index contributed by atoms with van der Waals surface area (Å²) in [6.07, 6.45) is 0. The molecule has 0 aliphatic heterocycles. The second-order valence-corrected chi connectivity index (χ2v) is 10.6. The summed E-state index contributed by atoms with van der Waals surface area (Å²) in [5.41, 5.74) is 5.21. The van der Waals surface area contributed by atoms with Crippen LogP contribution in [0.15, 0.2) is 140 Å². The van der Waals surface area contributed by atoms with Gasteiger partial charge >= 0.3 is 0 Å². The molecule has 0 N–H and O–H groups in total. The molecule has 0 fully saturated rings. The molecule has 0 aliphatic carbocycles. The van der Waals surface area contributed by atoms with Crippen LogP contribution in [0, 0.1) is 0 Å². The molecular formula is C38H23N3. The monoisotopic (exact) mass is 521 g/mol. The Morgan fingerprint density at radius 2 is 1.02 bits per heavy atom. The largest absolute Gasteiger partial charge is 0.277 e. The summed E-state index contributed by atoms with van der Waals surface area (Å²) in [5.74, 6) is 0.680. The summed E-state index contributed by atoms with van der Waals surface area (Å²) in [7, 11) is 0. The van der Waals surface area contributed by atoms with Gasteiger partial charge in [-0.05, 0) is 33.7 Å². The molecule has 0 atom stereocenters. The van der Waals surface area contributed by atoms with Crippen molar-refractivity contribution in [3.63, 3.8) is 0 Å². The first kappa shape index (κ1) is 22.3. The Kier molecular flexibility index (Phi) is 4.61. The second-order valence-electron chi connectivity index (χ2n) is 10.6. The standard InChI is InChI=1S/C38H23N3/c1-2-13-25(14-3-1)35-32-23-22-24-12-4-5-15-26(24)36(32)40-38(39-35)41-33-21-11-10-20-31(33)34-29-18-8-6-16-27(29)28-17-7-9-19-30(28)37(34)41/h1-23H. The molecular weight excluding hydrogens is 498 g/mol. The number of benzene rings is 7. The molecule has 0 saturated carbocycles. The Morgan fingerprint density at radius 3 is 1.83 bits per heavy atom. The molecule has 0 unspecified atom stereocenters. The lowest BCUT2D eigenvalue weighted by atomic mass is 9.97. The number of rotatable bonds is 2. The molecule has 3 heteroatoms. The molecule has 2 heterocycles. The Morgan fingerprint density at radius 1 is 0.415 bits per heavy atom. The zero-order chi connectivity index (χ0) is 26.9. The predicted octanol–water partition coefficient (Wildman–Crippen LogP) is 9.85. The van der Waals surface area contributed by atoms with E-state index in [1.165, 1.54) is 37.7 Å². The van der Waals surface area contributed by atoms with E-state index in [-0.39, 0.29) is 0 Å². The second kappa shape index (κ2) is 8.48. The van der Waals surface area contributed by atoms with Crippen LogP contribution in [-0.4, -0.2) is 14.5 Å². The van der Waals surface area contributed by atoms with E-state index in [2.05, 4.69) is 138 Å². The van der Waals surface area contributed by atoms with Crippen LogP contribution < -0.4 is 0 Å². The van der Waals surface area contributed by atoms with E-state index in [9.17, 15) is 0 Å². The van der Waals surface area contributed by atoms with Gasteiger partial charge in [-0.1, -0.05) is 127 Å². The van der Waals surface area contributed by atoms with Crippen molar-refractivity contribution < 1.29 is 0 Å². The highest BCUT2D eigenvalue weighted by Crippen LogP contribution is 2.42. The first-order valence-electron chi connectivity index (χ1n) is 13.9. The number of hydrogen-bond acceptors (Lipinski definition) is 2. The van der Waals surface area contributed by atoms with Crippen molar-refractivity contribution in [3.8, 4) is 17.2 Å². The van der Waals surface area contributed by atoms with Gasteiger partial charge in [0.05, 0.1) is 22.2 Å². The molecule has 0 spiro atoms. The van der Waals surface area contributed by atoms with Gasteiger partial charge in [0.1, 0.15) is 0 Å². The lowest BCUT2D eigenvalue weighted by Gasteiger charge is -2.14. The number of nitrogens with zero attached hydrogens (tertiary/aromatic N) is 3. The summed E-state index contributed by atoms with van der Waals surface area (Å²) in [5, 5.41) is 10.7. The zero-order valence-electron chi connectivity index (χ0n) is 22.1. The van der Waals surface area contributed by atoms with Crippen LogP contribution in [0.1, 0.15) is 0 Å². The molecule has 0 amide bonds. The van der Waals surface area contributed by atoms with E-state index in [1.807, 2.05) is 6.07 Å². The lowest BCUT2D eigenvalue weighted by molar-refractivity contribution is 1.02. The highest BCUT2D eigenvalue weighted by atomic mass is 15.2. The van der Waals surface area contributed by atoms with Gasteiger partial charge in [0.2, 0.25) is 5.95 Å². The fourth-order valence-electron chi connectivity index (χ4n) is 6.60. The molecule has 41 heavy (non-hydrogen) atoms. The smallest absolute Gasteiger partial charge is 0.235 e. The Bertz CT molecular complexity index is 2470. The van der Waals surface area contributed by atoms with Crippen LogP contribution in [0.2, 0.25) is 0 Å². The first-order valence-corrected chi connectivity index (χ1v) is 13.9. The molecule has 190 valence electrons.